The Morgan fingerprint density at radius 2 is 0.957 bits per heavy atom. The minimum absolute atomic E-state index is 0. The molecule has 2 rings (SSSR count). The van der Waals surface area contributed by atoms with Crippen molar-refractivity contribution >= 4 is 35.5 Å². The number of rotatable bonds is 6. The van der Waals surface area contributed by atoms with Gasteiger partial charge in [-0.1, -0.05) is 60.7 Å². The Morgan fingerprint density at radius 1 is 0.652 bits per heavy atom. The van der Waals surface area contributed by atoms with Gasteiger partial charge in [-0.3, -0.25) is 0 Å². The molecule has 0 bridgehead atoms. The largest absolute Gasteiger partial charge is 2.00 e. The maximum absolute atomic E-state index is 10.4. The van der Waals surface area contributed by atoms with Crippen molar-refractivity contribution < 1.29 is 36.9 Å². The monoisotopic (exact) mass is 444 g/mol. The SMILES string of the molecule is O=C([S-])CCc1ccccc1.O=C([S-])CCc1ccccc1.[Cd+2]. The molecule has 0 heterocycles. The average molecular weight is 443 g/mol. The van der Waals surface area contributed by atoms with E-state index in [1.807, 2.05) is 60.7 Å². The first kappa shape index (κ1) is 22.1. The molecule has 0 N–H and O–H groups in total. The summed E-state index contributed by atoms with van der Waals surface area (Å²) in [7, 11) is 0. The number of hydrogen-bond acceptors (Lipinski definition) is 4. The minimum atomic E-state index is -0.158. The number of aryl methyl sites for hydroxylation is 2. The Morgan fingerprint density at radius 3 is 1.22 bits per heavy atom. The van der Waals surface area contributed by atoms with Gasteiger partial charge >= 0.3 is 27.3 Å². The van der Waals surface area contributed by atoms with E-state index in [0.717, 1.165) is 12.8 Å². The fourth-order valence-electron chi connectivity index (χ4n) is 1.78. The number of carbonyl (C=O) groups is 2. The standard InChI is InChI=1S/2C9H10OS.Cd/c2*10-9(11)7-6-8-4-2-1-3-5-8;/h2*1-5H,6-7H2,(H,10,11);/q;;+2/p-2. The molecule has 0 unspecified atom stereocenters. The van der Waals surface area contributed by atoms with E-state index in [0.29, 0.717) is 12.8 Å². The first-order valence-electron chi connectivity index (χ1n) is 7.05. The maximum Gasteiger partial charge on any atom is 2.00 e. The van der Waals surface area contributed by atoms with Crippen molar-refractivity contribution in [2.75, 3.05) is 0 Å². The molecule has 0 spiro atoms. The first-order chi connectivity index (χ1) is 10.6. The third-order valence-corrected chi connectivity index (χ3v) is 3.33. The zero-order chi connectivity index (χ0) is 16.2. The summed E-state index contributed by atoms with van der Waals surface area (Å²) in [5, 5.41) is -0.317. The molecule has 0 aliphatic carbocycles. The zero-order valence-electron chi connectivity index (χ0n) is 12.9. The molecular formula is C18H18CdO2S2. The van der Waals surface area contributed by atoms with Gasteiger partial charge in [0.05, 0.1) is 0 Å². The van der Waals surface area contributed by atoms with Gasteiger partial charge in [-0.2, -0.15) is 0 Å². The second kappa shape index (κ2) is 13.6. The first-order valence-corrected chi connectivity index (χ1v) is 7.87. The Labute approximate surface area is 169 Å². The fraction of sp³-hybridized carbons (Fsp3) is 0.222. The van der Waals surface area contributed by atoms with Crippen LogP contribution >= 0.6 is 0 Å². The summed E-state index contributed by atoms with van der Waals surface area (Å²) < 4.78 is 0. The van der Waals surface area contributed by atoms with Crippen LogP contribution < -0.4 is 0 Å². The van der Waals surface area contributed by atoms with E-state index >= 15 is 0 Å². The van der Waals surface area contributed by atoms with E-state index in [1.54, 1.807) is 0 Å². The van der Waals surface area contributed by atoms with Crippen molar-refractivity contribution in [3.8, 4) is 0 Å². The molecule has 0 atom stereocenters. The van der Waals surface area contributed by atoms with Crippen LogP contribution in [0.1, 0.15) is 24.0 Å². The van der Waals surface area contributed by atoms with Gasteiger partial charge in [-0.25, -0.2) is 0 Å². The molecular weight excluding hydrogens is 425 g/mol. The van der Waals surface area contributed by atoms with Crippen molar-refractivity contribution in [1.29, 1.82) is 0 Å². The average Bonchev–Trinajstić information content (AvgIpc) is 2.53. The number of hydrogen-bond donors (Lipinski definition) is 0. The van der Waals surface area contributed by atoms with E-state index in [9.17, 15) is 9.59 Å². The van der Waals surface area contributed by atoms with E-state index in [1.165, 1.54) is 11.1 Å². The summed E-state index contributed by atoms with van der Waals surface area (Å²) in [5.74, 6) is 0. The zero-order valence-corrected chi connectivity index (χ0v) is 18.6. The summed E-state index contributed by atoms with van der Waals surface area (Å²) in [6.07, 6.45) is 2.48. The van der Waals surface area contributed by atoms with Crippen LogP contribution in [-0.4, -0.2) is 10.2 Å². The van der Waals surface area contributed by atoms with Gasteiger partial charge in [0.2, 0.25) is 0 Å². The van der Waals surface area contributed by atoms with Crippen LogP contribution in [0, 0.1) is 0 Å². The van der Waals surface area contributed by atoms with Gasteiger partial charge in [0.15, 0.2) is 0 Å². The van der Waals surface area contributed by atoms with Crippen LogP contribution in [0.25, 0.3) is 0 Å². The predicted octanol–water partition coefficient (Wildman–Crippen LogP) is 3.38. The van der Waals surface area contributed by atoms with E-state index in [-0.39, 0.29) is 37.5 Å². The smallest absolute Gasteiger partial charge is 0.742 e. The molecule has 0 fully saturated rings. The van der Waals surface area contributed by atoms with Crippen molar-refractivity contribution in [3.05, 3.63) is 71.8 Å². The Bertz CT molecular complexity index is 521. The molecule has 0 aromatic heterocycles. The minimum Gasteiger partial charge on any atom is -0.742 e. The number of benzene rings is 2. The van der Waals surface area contributed by atoms with Gasteiger partial charge in [0.25, 0.3) is 0 Å². The Balaban J connectivity index is 0.000000403. The molecule has 0 saturated carbocycles. The van der Waals surface area contributed by atoms with Crippen LogP contribution in [0.15, 0.2) is 60.7 Å². The molecule has 0 aliphatic rings. The van der Waals surface area contributed by atoms with Crippen LogP contribution in [0.5, 0.6) is 0 Å². The number of carbonyl (C=O) groups excluding carboxylic acids is 2. The van der Waals surface area contributed by atoms with Crippen LogP contribution in [0.2, 0.25) is 0 Å². The third-order valence-electron chi connectivity index (χ3n) is 2.92. The van der Waals surface area contributed by atoms with E-state index in [2.05, 4.69) is 25.3 Å². The van der Waals surface area contributed by atoms with Gasteiger partial charge in [0.1, 0.15) is 0 Å². The van der Waals surface area contributed by atoms with Crippen LogP contribution in [-0.2, 0) is 75.0 Å². The van der Waals surface area contributed by atoms with Gasteiger partial charge in [0, 0.05) is 10.2 Å². The summed E-state index contributed by atoms with van der Waals surface area (Å²) in [4.78, 5) is 20.9. The molecule has 23 heavy (non-hydrogen) atoms. The van der Waals surface area contributed by atoms with Crippen molar-refractivity contribution in [2.45, 2.75) is 25.7 Å². The van der Waals surface area contributed by atoms with E-state index in [4.69, 9.17) is 0 Å². The predicted molar refractivity (Wildman–Crippen MR) is 94.3 cm³/mol. The fourth-order valence-corrected chi connectivity index (χ4v) is 1.99. The Hall–Kier alpha value is -0.858. The second-order valence-corrected chi connectivity index (χ2v) is 5.63. The molecule has 2 aromatic rings. The summed E-state index contributed by atoms with van der Waals surface area (Å²) >= 11 is 8.88. The molecule has 2 nitrogen and oxygen atoms in total. The quantitative estimate of drug-likeness (QED) is 0.507. The van der Waals surface area contributed by atoms with Crippen molar-refractivity contribution in [2.24, 2.45) is 0 Å². The van der Waals surface area contributed by atoms with Crippen molar-refractivity contribution in [1.82, 2.24) is 0 Å². The van der Waals surface area contributed by atoms with Gasteiger partial charge in [-0.05, 0) is 36.8 Å². The molecule has 0 saturated heterocycles. The Kier molecular flexibility index (Phi) is 13.1. The van der Waals surface area contributed by atoms with Gasteiger partial charge < -0.3 is 34.8 Å². The van der Waals surface area contributed by atoms with E-state index < -0.39 is 0 Å². The maximum atomic E-state index is 10.4. The normalized spacial score (nSPS) is 9.04. The van der Waals surface area contributed by atoms with Crippen molar-refractivity contribution in [3.63, 3.8) is 0 Å². The summed E-state index contributed by atoms with van der Waals surface area (Å²) in [6.45, 7) is 0. The summed E-state index contributed by atoms with van der Waals surface area (Å²) in [6, 6.07) is 19.8. The summed E-state index contributed by atoms with van der Waals surface area (Å²) in [5.41, 5.74) is 2.34. The molecule has 5 heteroatoms. The van der Waals surface area contributed by atoms with Crippen LogP contribution in [0.3, 0.4) is 0 Å². The topological polar surface area (TPSA) is 34.1 Å². The molecule has 0 amide bonds. The second-order valence-electron chi connectivity index (χ2n) is 4.72. The van der Waals surface area contributed by atoms with Crippen LogP contribution in [0.4, 0.5) is 0 Å². The molecule has 2 aromatic carbocycles. The third kappa shape index (κ3) is 12.3. The molecule has 116 valence electrons. The van der Waals surface area contributed by atoms with Gasteiger partial charge in [-0.15, -0.1) is 0 Å². The molecule has 0 radical (unpaired) electrons. The molecule has 0 aliphatic heterocycles.